The molecule has 0 N–H and O–H groups in total. The number of isocyanates is 1. The Bertz CT molecular complexity index is 619. The molecule has 1 aliphatic carbocycles. The summed E-state index contributed by atoms with van der Waals surface area (Å²) in [5.41, 5.74) is 2.16. The van der Waals surface area contributed by atoms with E-state index in [4.69, 9.17) is 4.52 Å². The Kier molecular flexibility index (Phi) is 2.13. The topological polar surface area (TPSA) is 55.5 Å². The maximum atomic E-state index is 10.6. The van der Waals surface area contributed by atoms with Crippen molar-refractivity contribution in [3.8, 4) is 0 Å². The molecule has 1 heterocycles. The van der Waals surface area contributed by atoms with Gasteiger partial charge in [-0.05, 0) is 32.3 Å². The molecule has 4 heteroatoms. The van der Waals surface area contributed by atoms with Crippen LogP contribution in [-0.2, 0) is 10.3 Å². The van der Waals surface area contributed by atoms with E-state index in [1.165, 1.54) is 0 Å². The largest absolute Gasteiger partial charge is 0.356 e. The summed E-state index contributed by atoms with van der Waals surface area (Å²) < 4.78 is 5.37. The van der Waals surface area contributed by atoms with Crippen molar-refractivity contribution in [2.75, 3.05) is 0 Å². The molecule has 86 valence electrons. The minimum atomic E-state index is -0.423. The van der Waals surface area contributed by atoms with Crippen molar-refractivity contribution in [1.29, 1.82) is 0 Å². The lowest BCUT2D eigenvalue weighted by Crippen LogP contribution is -2.31. The predicted octanol–water partition coefficient (Wildman–Crippen LogP) is 2.85. The molecule has 4 nitrogen and oxygen atoms in total. The Hall–Kier alpha value is -1.93. The van der Waals surface area contributed by atoms with E-state index in [-0.39, 0.29) is 0 Å². The Balaban J connectivity index is 2.26. The minimum Gasteiger partial charge on any atom is -0.356 e. The summed E-state index contributed by atoms with van der Waals surface area (Å²) in [7, 11) is 0. The first-order valence-electron chi connectivity index (χ1n) is 5.71. The van der Waals surface area contributed by atoms with Crippen LogP contribution in [-0.4, -0.2) is 11.2 Å². The number of aryl methyl sites for hydroxylation is 1. The molecular formula is C13H12N2O2. The molecular weight excluding hydrogens is 216 g/mol. The maximum absolute atomic E-state index is 10.6. The molecule has 1 saturated carbocycles. The predicted molar refractivity (Wildman–Crippen MR) is 62.4 cm³/mol. The van der Waals surface area contributed by atoms with E-state index < -0.39 is 5.54 Å². The molecule has 0 atom stereocenters. The van der Waals surface area contributed by atoms with Gasteiger partial charge in [0.2, 0.25) is 6.08 Å². The number of fused-ring (bicyclic) bond motifs is 1. The van der Waals surface area contributed by atoms with Crippen LogP contribution >= 0.6 is 0 Å². The molecule has 2 aromatic rings. The first kappa shape index (κ1) is 10.2. The average Bonchev–Trinajstić information content (AvgIpc) is 2.66. The number of carbonyl (C=O) groups excluding carboxylic acids is 1. The Morgan fingerprint density at radius 1 is 1.47 bits per heavy atom. The second-order valence-electron chi connectivity index (χ2n) is 4.54. The highest BCUT2D eigenvalue weighted by atomic mass is 16.5. The maximum Gasteiger partial charge on any atom is 0.235 e. The zero-order valence-electron chi connectivity index (χ0n) is 9.56. The van der Waals surface area contributed by atoms with E-state index in [2.05, 4.69) is 10.1 Å². The molecule has 1 aromatic carbocycles. The number of aliphatic imine (C=N–C) groups is 1. The summed E-state index contributed by atoms with van der Waals surface area (Å²) >= 11 is 0. The summed E-state index contributed by atoms with van der Waals surface area (Å²) in [4.78, 5) is 14.6. The third kappa shape index (κ3) is 1.34. The standard InChI is InChI=1S/C13H12N2O2/c1-9-10-4-2-5-11(12(10)17-15-9)13(14-8-16)6-3-7-13/h2,4-5H,3,6-7H2,1H3. The molecule has 0 aliphatic heterocycles. The van der Waals surface area contributed by atoms with Gasteiger partial charge in [-0.1, -0.05) is 17.3 Å². The summed E-state index contributed by atoms with van der Waals surface area (Å²) in [6.45, 7) is 1.91. The fraction of sp³-hybridized carbons (Fsp3) is 0.385. The number of aromatic nitrogens is 1. The molecule has 1 aromatic heterocycles. The van der Waals surface area contributed by atoms with Gasteiger partial charge >= 0.3 is 0 Å². The normalized spacial score (nSPS) is 17.5. The van der Waals surface area contributed by atoms with Crippen LogP contribution in [0.1, 0.15) is 30.5 Å². The Labute approximate surface area is 98.3 Å². The van der Waals surface area contributed by atoms with Crippen LogP contribution in [0.2, 0.25) is 0 Å². The van der Waals surface area contributed by atoms with Crippen LogP contribution in [0.15, 0.2) is 27.7 Å². The van der Waals surface area contributed by atoms with Gasteiger partial charge in [0, 0.05) is 10.9 Å². The first-order valence-corrected chi connectivity index (χ1v) is 5.71. The number of rotatable bonds is 2. The summed E-state index contributed by atoms with van der Waals surface area (Å²) in [6, 6.07) is 5.90. The molecule has 0 bridgehead atoms. The molecule has 1 aliphatic rings. The molecule has 0 unspecified atom stereocenters. The lowest BCUT2D eigenvalue weighted by Gasteiger charge is -2.36. The summed E-state index contributed by atoms with van der Waals surface area (Å²) in [5, 5.41) is 4.97. The van der Waals surface area contributed by atoms with Gasteiger partial charge in [0.15, 0.2) is 5.58 Å². The van der Waals surface area contributed by atoms with Crippen LogP contribution in [0.25, 0.3) is 11.0 Å². The number of para-hydroxylation sites is 1. The third-order valence-electron chi connectivity index (χ3n) is 3.62. The van der Waals surface area contributed by atoms with Crippen LogP contribution in [0.5, 0.6) is 0 Å². The van der Waals surface area contributed by atoms with Gasteiger partial charge in [-0.25, -0.2) is 4.79 Å². The molecule has 0 spiro atoms. The van der Waals surface area contributed by atoms with Crippen LogP contribution in [0, 0.1) is 6.92 Å². The fourth-order valence-electron chi connectivity index (χ4n) is 2.49. The number of hydrogen-bond acceptors (Lipinski definition) is 4. The Morgan fingerprint density at radius 3 is 2.94 bits per heavy atom. The van der Waals surface area contributed by atoms with E-state index in [1.807, 2.05) is 25.1 Å². The monoisotopic (exact) mass is 228 g/mol. The molecule has 0 saturated heterocycles. The highest BCUT2D eigenvalue weighted by Gasteiger charge is 2.41. The molecule has 0 radical (unpaired) electrons. The van der Waals surface area contributed by atoms with Gasteiger partial charge in [-0.2, -0.15) is 4.99 Å². The van der Waals surface area contributed by atoms with Gasteiger partial charge in [0.25, 0.3) is 0 Å². The van der Waals surface area contributed by atoms with Crippen LogP contribution in [0.3, 0.4) is 0 Å². The van der Waals surface area contributed by atoms with E-state index in [0.717, 1.165) is 41.5 Å². The van der Waals surface area contributed by atoms with Gasteiger partial charge in [-0.3, -0.25) is 0 Å². The summed E-state index contributed by atoms with van der Waals surface area (Å²) in [6.07, 6.45) is 4.52. The van der Waals surface area contributed by atoms with E-state index in [1.54, 1.807) is 6.08 Å². The van der Waals surface area contributed by atoms with Gasteiger partial charge in [0.05, 0.1) is 5.69 Å². The second-order valence-corrected chi connectivity index (χ2v) is 4.54. The fourth-order valence-corrected chi connectivity index (χ4v) is 2.49. The number of nitrogens with zero attached hydrogens (tertiary/aromatic N) is 2. The smallest absolute Gasteiger partial charge is 0.235 e. The highest BCUT2D eigenvalue weighted by molar-refractivity contribution is 5.83. The first-order chi connectivity index (χ1) is 8.27. The van der Waals surface area contributed by atoms with Gasteiger partial charge in [0.1, 0.15) is 5.54 Å². The lowest BCUT2D eigenvalue weighted by atomic mass is 9.72. The average molecular weight is 228 g/mol. The summed E-state index contributed by atoms with van der Waals surface area (Å²) in [5.74, 6) is 0. The van der Waals surface area contributed by atoms with Crippen molar-refractivity contribution in [3.63, 3.8) is 0 Å². The van der Waals surface area contributed by atoms with Gasteiger partial charge < -0.3 is 4.52 Å². The van der Waals surface area contributed by atoms with Crippen molar-refractivity contribution in [2.45, 2.75) is 31.7 Å². The lowest BCUT2D eigenvalue weighted by molar-refractivity contribution is 0.254. The molecule has 17 heavy (non-hydrogen) atoms. The molecule has 3 rings (SSSR count). The van der Waals surface area contributed by atoms with E-state index >= 15 is 0 Å². The van der Waals surface area contributed by atoms with E-state index in [0.29, 0.717) is 0 Å². The Morgan fingerprint density at radius 2 is 2.29 bits per heavy atom. The quantitative estimate of drug-likeness (QED) is 0.586. The van der Waals surface area contributed by atoms with Crippen molar-refractivity contribution >= 4 is 17.0 Å². The molecule has 0 amide bonds. The highest BCUT2D eigenvalue weighted by Crippen LogP contribution is 2.47. The van der Waals surface area contributed by atoms with E-state index in [9.17, 15) is 4.79 Å². The van der Waals surface area contributed by atoms with Crippen molar-refractivity contribution in [3.05, 3.63) is 29.5 Å². The third-order valence-corrected chi connectivity index (χ3v) is 3.62. The number of hydrogen-bond donors (Lipinski definition) is 0. The van der Waals surface area contributed by atoms with Crippen LogP contribution < -0.4 is 0 Å². The molecule has 1 fully saturated rings. The van der Waals surface area contributed by atoms with Crippen molar-refractivity contribution in [2.24, 2.45) is 4.99 Å². The van der Waals surface area contributed by atoms with Gasteiger partial charge in [-0.15, -0.1) is 0 Å². The van der Waals surface area contributed by atoms with Crippen LogP contribution in [0.4, 0.5) is 0 Å². The van der Waals surface area contributed by atoms with Crippen molar-refractivity contribution < 1.29 is 9.32 Å². The van der Waals surface area contributed by atoms with Crippen molar-refractivity contribution in [1.82, 2.24) is 5.16 Å². The second kappa shape index (κ2) is 3.54. The minimum absolute atomic E-state index is 0.423. The zero-order valence-corrected chi connectivity index (χ0v) is 9.56. The zero-order chi connectivity index (χ0) is 11.9. The number of benzene rings is 1. The SMILES string of the molecule is Cc1noc2c(C3(N=C=O)CCC3)cccc12.